The summed E-state index contributed by atoms with van der Waals surface area (Å²) >= 11 is 3.61. The average Bonchev–Trinajstić information content (AvgIpc) is 3.04. The lowest BCUT2D eigenvalue weighted by Crippen LogP contribution is -2.19. The van der Waals surface area contributed by atoms with Gasteiger partial charge in [-0.15, -0.1) is 0 Å². The molecule has 0 radical (unpaired) electrons. The summed E-state index contributed by atoms with van der Waals surface area (Å²) in [5, 5.41) is 1.29. The molecule has 2 N–H and O–H groups in total. The zero-order chi connectivity index (χ0) is 11.3. The second kappa shape index (κ2) is 3.34. The molecule has 1 aromatic carbocycles. The molecule has 0 atom stereocenters. The molecule has 3 rings (SSSR count). The highest BCUT2D eigenvalue weighted by molar-refractivity contribution is 9.10. The van der Waals surface area contributed by atoms with Crippen molar-refractivity contribution in [3.8, 4) is 0 Å². The molecular formula is C13H15BrN2. The summed E-state index contributed by atoms with van der Waals surface area (Å²) < 4.78 is 3.31. The van der Waals surface area contributed by atoms with Crippen molar-refractivity contribution in [2.75, 3.05) is 6.54 Å². The normalized spacial score (nSPS) is 17.9. The van der Waals surface area contributed by atoms with Gasteiger partial charge in [0, 0.05) is 40.6 Å². The smallest absolute Gasteiger partial charge is 0.0489 e. The fraction of sp³-hybridized carbons (Fsp3) is 0.385. The maximum Gasteiger partial charge on any atom is 0.0489 e. The number of nitrogens with two attached hydrogens (primary N) is 1. The van der Waals surface area contributed by atoms with Gasteiger partial charge in [-0.2, -0.15) is 0 Å². The highest BCUT2D eigenvalue weighted by Gasteiger charge is 2.42. The van der Waals surface area contributed by atoms with Gasteiger partial charge in [0.05, 0.1) is 0 Å². The zero-order valence-corrected chi connectivity index (χ0v) is 10.9. The van der Waals surface area contributed by atoms with Crippen molar-refractivity contribution in [3.05, 3.63) is 34.4 Å². The molecule has 1 heterocycles. The van der Waals surface area contributed by atoms with Crippen molar-refractivity contribution in [1.82, 2.24) is 4.57 Å². The van der Waals surface area contributed by atoms with Crippen LogP contribution < -0.4 is 5.73 Å². The van der Waals surface area contributed by atoms with Crippen LogP contribution in [-0.4, -0.2) is 11.1 Å². The number of aryl methyl sites for hydroxylation is 1. The maximum atomic E-state index is 5.87. The van der Waals surface area contributed by atoms with Gasteiger partial charge >= 0.3 is 0 Å². The van der Waals surface area contributed by atoms with Crippen LogP contribution in [0.2, 0.25) is 0 Å². The molecule has 2 nitrogen and oxygen atoms in total. The molecule has 0 bridgehead atoms. The predicted octanol–water partition coefficient (Wildman–Crippen LogP) is 2.93. The third-order valence-corrected chi connectivity index (χ3v) is 4.43. The quantitative estimate of drug-likeness (QED) is 0.900. The van der Waals surface area contributed by atoms with Crippen LogP contribution in [0, 0.1) is 0 Å². The van der Waals surface area contributed by atoms with Crippen LogP contribution in [0.1, 0.15) is 18.4 Å². The number of nitrogens with zero attached hydrogens (tertiary/aromatic N) is 1. The number of hydrogen-bond acceptors (Lipinski definition) is 1. The predicted molar refractivity (Wildman–Crippen MR) is 70.6 cm³/mol. The Hall–Kier alpha value is -0.800. The Labute approximate surface area is 104 Å². The molecular weight excluding hydrogens is 264 g/mol. The first-order valence-electron chi connectivity index (χ1n) is 5.61. The molecule has 2 aromatic rings. The fourth-order valence-corrected chi connectivity index (χ4v) is 3.06. The van der Waals surface area contributed by atoms with Crippen molar-refractivity contribution >= 4 is 26.8 Å². The van der Waals surface area contributed by atoms with Crippen molar-refractivity contribution in [2.45, 2.75) is 18.3 Å². The zero-order valence-electron chi connectivity index (χ0n) is 9.33. The minimum atomic E-state index is 0.281. The number of halogens is 1. The van der Waals surface area contributed by atoms with E-state index in [1.807, 2.05) is 0 Å². The largest absolute Gasteiger partial charge is 0.349 e. The van der Waals surface area contributed by atoms with Crippen LogP contribution >= 0.6 is 15.9 Å². The minimum Gasteiger partial charge on any atom is -0.349 e. The number of rotatable bonds is 2. The molecule has 1 aliphatic rings. The number of fused-ring (bicyclic) bond motifs is 1. The van der Waals surface area contributed by atoms with Crippen LogP contribution in [0.4, 0.5) is 0 Å². The van der Waals surface area contributed by atoms with E-state index in [-0.39, 0.29) is 5.41 Å². The molecule has 1 saturated carbocycles. The molecule has 16 heavy (non-hydrogen) atoms. The molecule has 0 amide bonds. The SMILES string of the molecule is Cn1cc(Br)c2cc(C3(CN)CC3)ccc21. The van der Waals surface area contributed by atoms with Crippen LogP contribution in [0.3, 0.4) is 0 Å². The van der Waals surface area contributed by atoms with E-state index >= 15 is 0 Å². The minimum absolute atomic E-state index is 0.281. The van der Waals surface area contributed by atoms with Crippen LogP contribution in [0.5, 0.6) is 0 Å². The van der Waals surface area contributed by atoms with E-state index in [0.717, 1.165) is 6.54 Å². The van der Waals surface area contributed by atoms with E-state index in [1.54, 1.807) is 0 Å². The van der Waals surface area contributed by atoms with Gasteiger partial charge in [0.15, 0.2) is 0 Å². The van der Waals surface area contributed by atoms with Gasteiger partial charge in [-0.25, -0.2) is 0 Å². The second-order valence-corrected chi connectivity index (χ2v) is 5.66. The van der Waals surface area contributed by atoms with Gasteiger partial charge < -0.3 is 10.3 Å². The van der Waals surface area contributed by atoms with Gasteiger partial charge in [0.1, 0.15) is 0 Å². The van der Waals surface area contributed by atoms with Gasteiger partial charge in [-0.05, 0) is 46.5 Å². The van der Waals surface area contributed by atoms with Gasteiger partial charge in [0.25, 0.3) is 0 Å². The summed E-state index contributed by atoms with van der Waals surface area (Å²) in [6.07, 6.45) is 4.58. The second-order valence-electron chi connectivity index (χ2n) is 4.80. The molecule has 0 aliphatic heterocycles. The Bertz CT molecular complexity index is 552. The third-order valence-electron chi connectivity index (χ3n) is 3.80. The Morgan fingerprint density at radius 2 is 2.19 bits per heavy atom. The molecule has 1 aromatic heterocycles. The summed E-state index contributed by atoms with van der Waals surface area (Å²) in [6, 6.07) is 6.72. The molecule has 1 fully saturated rings. The van der Waals surface area contributed by atoms with Crippen molar-refractivity contribution in [2.24, 2.45) is 12.8 Å². The van der Waals surface area contributed by atoms with E-state index in [9.17, 15) is 0 Å². The first kappa shape index (κ1) is 10.4. The van der Waals surface area contributed by atoms with E-state index in [0.29, 0.717) is 0 Å². The molecule has 84 valence electrons. The summed E-state index contributed by atoms with van der Waals surface area (Å²) in [4.78, 5) is 0. The first-order chi connectivity index (χ1) is 7.66. The summed E-state index contributed by atoms with van der Waals surface area (Å²) in [5.74, 6) is 0. The Morgan fingerprint density at radius 3 is 2.81 bits per heavy atom. The van der Waals surface area contributed by atoms with Gasteiger partial charge in [-0.3, -0.25) is 0 Å². The first-order valence-corrected chi connectivity index (χ1v) is 6.41. The summed E-state index contributed by atoms with van der Waals surface area (Å²) in [7, 11) is 2.07. The molecule has 3 heteroatoms. The molecule has 0 spiro atoms. The Balaban J connectivity index is 2.19. The lowest BCUT2D eigenvalue weighted by atomic mass is 9.95. The van der Waals surface area contributed by atoms with E-state index in [1.165, 1.54) is 33.8 Å². The van der Waals surface area contributed by atoms with Gasteiger partial charge in [0.2, 0.25) is 0 Å². The van der Waals surface area contributed by atoms with E-state index in [2.05, 4.69) is 51.9 Å². The third kappa shape index (κ3) is 1.35. The van der Waals surface area contributed by atoms with Crippen LogP contribution in [0.25, 0.3) is 10.9 Å². The number of aromatic nitrogens is 1. The molecule has 1 aliphatic carbocycles. The highest BCUT2D eigenvalue weighted by atomic mass is 79.9. The van der Waals surface area contributed by atoms with Crippen LogP contribution in [0.15, 0.2) is 28.9 Å². The molecule has 0 saturated heterocycles. The maximum absolute atomic E-state index is 5.87. The van der Waals surface area contributed by atoms with Gasteiger partial charge in [-0.1, -0.05) is 6.07 Å². The van der Waals surface area contributed by atoms with Crippen molar-refractivity contribution in [1.29, 1.82) is 0 Å². The Morgan fingerprint density at radius 1 is 1.44 bits per heavy atom. The van der Waals surface area contributed by atoms with E-state index < -0.39 is 0 Å². The summed E-state index contributed by atoms with van der Waals surface area (Å²) in [5.41, 5.74) is 8.82. The monoisotopic (exact) mass is 278 g/mol. The van der Waals surface area contributed by atoms with Crippen LogP contribution in [-0.2, 0) is 12.5 Å². The van der Waals surface area contributed by atoms with Crippen molar-refractivity contribution < 1.29 is 0 Å². The molecule has 0 unspecified atom stereocenters. The lowest BCUT2D eigenvalue weighted by Gasteiger charge is -2.13. The Kier molecular flexibility index (Phi) is 2.17. The average molecular weight is 279 g/mol. The fourth-order valence-electron chi connectivity index (χ4n) is 2.44. The highest BCUT2D eigenvalue weighted by Crippen LogP contribution is 2.48. The summed E-state index contributed by atoms with van der Waals surface area (Å²) in [6.45, 7) is 0.767. The topological polar surface area (TPSA) is 30.9 Å². The standard InChI is InChI=1S/C13H15BrN2/c1-16-7-11(14)10-6-9(2-3-12(10)16)13(8-15)4-5-13/h2-3,6-7H,4-5,8,15H2,1H3. The van der Waals surface area contributed by atoms with Crippen molar-refractivity contribution in [3.63, 3.8) is 0 Å². The number of hydrogen-bond donors (Lipinski definition) is 1. The van der Waals surface area contributed by atoms with E-state index in [4.69, 9.17) is 5.73 Å². The lowest BCUT2D eigenvalue weighted by molar-refractivity contribution is 0.706. The number of benzene rings is 1.